The molecule has 0 amide bonds. The number of rotatable bonds is 5. The van der Waals surface area contributed by atoms with Gasteiger partial charge in [0, 0.05) is 0 Å². The van der Waals surface area contributed by atoms with Crippen molar-refractivity contribution in [3.63, 3.8) is 0 Å². The van der Waals surface area contributed by atoms with Crippen molar-refractivity contribution in [1.29, 1.82) is 0 Å². The van der Waals surface area contributed by atoms with Crippen LogP contribution in [0.25, 0.3) is 0 Å². The van der Waals surface area contributed by atoms with Gasteiger partial charge in [-0.05, 0) is 60.4 Å². The van der Waals surface area contributed by atoms with Crippen molar-refractivity contribution in [2.75, 3.05) is 0 Å². The molecule has 0 fully saturated rings. The highest BCUT2D eigenvalue weighted by atomic mass is 19.1. The standard InChI is InChI=1S/C15H13FO3.C9H9FO3/c1-10-13(16)8-7-11(9-17)14(10)15(18)19-12-5-3-2-4-6-12;1-5-7(10)3-2-6(4-11)8(5)9(12)13/h2-8,17H,9H2,1H3;2-3,11H,4H2,1H3,(H,12,13). The van der Waals surface area contributed by atoms with Crippen LogP contribution in [0.3, 0.4) is 0 Å². The molecule has 0 aliphatic rings. The fourth-order valence-electron chi connectivity index (χ4n) is 2.98. The third-order valence-corrected chi connectivity index (χ3v) is 4.68. The highest BCUT2D eigenvalue weighted by Gasteiger charge is 2.19. The molecule has 3 N–H and O–H groups in total. The molecule has 3 aromatic rings. The maximum absolute atomic E-state index is 13.5. The Morgan fingerprint density at radius 3 is 1.72 bits per heavy atom. The van der Waals surface area contributed by atoms with Gasteiger partial charge in [-0.3, -0.25) is 0 Å². The number of carboxylic acid groups (broad SMARTS) is 1. The zero-order valence-corrected chi connectivity index (χ0v) is 17.4. The second-order valence-electron chi connectivity index (χ2n) is 6.74. The van der Waals surface area contributed by atoms with Crippen molar-refractivity contribution in [1.82, 2.24) is 0 Å². The highest BCUT2D eigenvalue weighted by molar-refractivity contribution is 5.94. The van der Waals surface area contributed by atoms with E-state index < -0.39 is 30.2 Å². The van der Waals surface area contributed by atoms with E-state index in [9.17, 15) is 23.5 Å². The Morgan fingerprint density at radius 2 is 1.25 bits per heavy atom. The topological polar surface area (TPSA) is 104 Å². The molecule has 8 heteroatoms. The lowest BCUT2D eigenvalue weighted by molar-refractivity contribution is 0.0689. The van der Waals surface area contributed by atoms with E-state index in [0.717, 1.165) is 6.07 Å². The number of aliphatic hydroxyl groups excluding tert-OH is 2. The van der Waals surface area contributed by atoms with E-state index >= 15 is 0 Å². The van der Waals surface area contributed by atoms with E-state index in [1.54, 1.807) is 30.3 Å². The first-order chi connectivity index (χ1) is 15.2. The fraction of sp³-hybridized carbons (Fsp3) is 0.167. The largest absolute Gasteiger partial charge is 0.478 e. The Hall–Kier alpha value is -3.62. The van der Waals surface area contributed by atoms with E-state index in [4.69, 9.17) is 14.9 Å². The number of para-hydroxylation sites is 1. The van der Waals surface area contributed by atoms with Crippen LogP contribution in [0.1, 0.15) is 43.0 Å². The molecule has 0 unspecified atom stereocenters. The molecule has 0 heterocycles. The molecule has 0 aliphatic carbocycles. The fourth-order valence-corrected chi connectivity index (χ4v) is 2.98. The summed E-state index contributed by atoms with van der Waals surface area (Å²) in [7, 11) is 0. The molecule has 0 spiro atoms. The molecule has 168 valence electrons. The molecule has 0 aliphatic heterocycles. The van der Waals surface area contributed by atoms with Gasteiger partial charge >= 0.3 is 11.9 Å². The SMILES string of the molecule is Cc1c(F)ccc(CO)c1C(=O)O.Cc1c(F)ccc(CO)c1C(=O)Oc1ccccc1. The van der Waals surface area contributed by atoms with E-state index in [-0.39, 0.29) is 34.4 Å². The van der Waals surface area contributed by atoms with E-state index in [0.29, 0.717) is 11.3 Å². The maximum atomic E-state index is 13.5. The average Bonchev–Trinajstić information content (AvgIpc) is 2.78. The Kier molecular flexibility index (Phi) is 8.57. The Morgan fingerprint density at radius 1 is 0.781 bits per heavy atom. The minimum absolute atomic E-state index is 0.0547. The normalized spacial score (nSPS) is 10.2. The molecule has 0 aromatic heterocycles. The predicted molar refractivity (Wildman–Crippen MR) is 112 cm³/mol. The Balaban J connectivity index is 0.000000244. The number of halogens is 2. The van der Waals surface area contributed by atoms with E-state index in [1.165, 1.54) is 32.0 Å². The van der Waals surface area contributed by atoms with Crippen LogP contribution in [-0.4, -0.2) is 27.3 Å². The highest BCUT2D eigenvalue weighted by Crippen LogP contribution is 2.21. The van der Waals surface area contributed by atoms with Gasteiger partial charge < -0.3 is 20.1 Å². The van der Waals surface area contributed by atoms with Gasteiger partial charge in [0.25, 0.3) is 0 Å². The maximum Gasteiger partial charge on any atom is 0.344 e. The summed E-state index contributed by atoms with van der Waals surface area (Å²) in [6, 6.07) is 13.5. The van der Waals surface area contributed by atoms with Crippen LogP contribution in [0.4, 0.5) is 8.78 Å². The van der Waals surface area contributed by atoms with Gasteiger partial charge in [-0.15, -0.1) is 0 Å². The summed E-state index contributed by atoms with van der Waals surface area (Å²) in [6.45, 7) is 2.11. The van der Waals surface area contributed by atoms with Gasteiger partial charge in [-0.2, -0.15) is 0 Å². The minimum Gasteiger partial charge on any atom is -0.478 e. The van der Waals surface area contributed by atoms with Gasteiger partial charge in [0.05, 0.1) is 24.3 Å². The zero-order valence-electron chi connectivity index (χ0n) is 17.4. The summed E-state index contributed by atoms with van der Waals surface area (Å²) in [6.07, 6.45) is 0. The Bertz CT molecular complexity index is 1110. The summed E-state index contributed by atoms with van der Waals surface area (Å²) in [5.41, 5.74) is 0.728. The second-order valence-corrected chi connectivity index (χ2v) is 6.74. The van der Waals surface area contributed by atoms with Crippen LogP contribution >= 0.6 is 0 Å². The molecule has 3 aromatic carbocycles. The van der Waals surface area contributed by atoms with Crippen molar-refractivity contribution in [3.05, 3.63) is 99.6 Å². The molecule has 0 radical (unpaired) electrons. The van der Waals surface area contributed by atoms with Crippen molar-refractivity contribution < 1.29 is 38.4 Å². The van der Waals surface area contributed by atoms with Crippen LogP contribution in [0.15, 0.2) is 54.6 Å². The lowest BCUT2D eigenvalue weighted by atomic mass is 10.0. The molecular formula is C24H22F2O6. The number of esters is 1. The summed E-state index contributed by atoms with van der Waals surface area (Å²) < 4.78 is 31.6. The van der Waals surface area contributed by atoms with Crippen LogP contribution in [-0.2, 0) is 13.2 Å². The predicted octanol–water partition coefficient (Wildman–Crippen LogP) is 4.17. The number of carbonyl (C=O) groups is 2. The molecule has 3 rings (SSSR count). The number of aliphatic hydroxyl groups is 2. The van der Waals surface area contributed by atoms with Crippen molar-refractivity contribution in [2.24, 2.45) is 0 Å². The first-order valence-electron chi connectivity index (χ1n) is 9.49. The molecule has 32 heavy (non-hydrogen) atoms. The molecule has 6 nitrogen and oxygen atoms in total. The van der Waals surface area contributed by atoms with Crippen molar-refractivity contribution in [3.8, 4) is 5.75 Å². The average molecular weight is 444 g/mol. The molecule has 0 saturated heterocycles. The second kappa shape index (κ2) is 11.1. The summed E-state index contributed by atoms with van der Waals surface area (Å²) in [4.78, 5) is 22.7. The number of hydrogen-bond donors (Lipinski definition) is 3. The summed E-state index contributed by atoms with van der Waals surface area (Å²) >= 11 is 0. The first kappa shape index (κ1) is 24.6. The lowest BCUT2D eigenvalue weighted by Gasteiger charge is -2.11. The van der Waals surface area contributed by atoms with Crippen molar-refractivity contribution in [2.45, 2.75) is 27.1 Å². The van der Waals surface area contributed by atoms with E-state index in [1.807, 2.05) is 0 Å². The third kappa shape index (κ3) is 5.75. The molecular weight excluding hydrogens is 422 g/mol. The number of benzene rings is 3. The zero-order chi connectivity index (χ0) is 23.8. The molecule has 0 bridgehead atoms. The summed E-state index contributed by atoms with van der Waals surface area (Å²) in [5, 5.41) is 26.7. The minimum atomic E-state index is -1.22. The Labute approximate surface area is 183 Å². The van der Waals surface area contributed by atoms with E-state index in [2.05, 4.69) is 0 Å². The van der Waals surface area contributed by atoms with Crippen LogP contribution in [0.2, 0.25) is 0 Å². The summed E-state index contributed by atoms with van der Waals surface area (Å²) in [5.74, 6) is -2.60. The third-order valence-electron chi connectivity index (χ3n) is 4.68. The van der Waals surface area contributed by atoms with Gasteiger partial charge in [-0.1, -0.05) is 30.3 Å². The van der Waals surface area contributed by atoms with Crippen LogP contribution < -0.4 is 4.74 Å². The number of carbonyl (C=O) groups excluding carboxylic acids is 1. The lowest BCUT2D eigenvalue weighted by Crippen LogP contribution is -2.14. The quantitative estimate of drug-likeness (QED) is 0.403. The van der Waals surface area contributed by atoms with Crippen LogP contribution in [0, 0.1) is 25.5 Å². The molecule has 0 saturated carbocycles. The molecule has 0 atom stereocenters. The van der Waals surface area contributed by atoms with Crippen LogP contribution in [0.5, 0.6) is 5.75 Å². The monoisotopic (exact) mass is 444 g/mol. The van der Waals surface area contributed by atoms with Gasteiger partial charge in [0.1, 0.15) is 17.4 Å². The van der Waals surface area contributed by atoms with Crippen molar-refractivity contribution >= 4 is 11.9 Å². The van der Waals surface area contributed by atoms with Gasteiger partial charge in [0.2, 0.25) is 0 Å². The van der Waals surface area contributed by atoms with Gasteiger partial charge in [-0.25, -0.2) is 18.4 Å². The van der Waals surface area contributed by atoms with Gasteiger partial charge in [0.15, 0.2) is 0 Å². The smallest absolute Gasteiger partial charge is 0.344 e. The first-order valence-corrected chi connectivity index (χ1v) is 9.49. The number of ether oxygens (including phenoxy) is 1. The number of carboxylic acids is 1. The number of hydrogen-bond acceptors (Lipinski definition) is 5. The number of aromatic carboxylic acids is 1.